The largest absolute Gasteiger partial charge is 0.505 e. The summed E-state index contributed by atoms with van der Waals surface area (Å²) in [5.74, 6) is -2.10. The SMILES string of the molecule is CC(CCS(=O)(=O)c1ccc2c(S(=O)(=O)O)c(N=Nc3c(S(=O)(=O)O)cc4cc(S(=O)(=O)O)cc(NC(=O)c5ccccc5)c4c3O)ccc2c1)c1ncccn1. The van der Waals surface area contributed by atoms with Crippen molar-refractivity contribution < 1.29 is 57.2 Å². The summed E-state index contributed by atoms with van der Waals surface area (Å²) in [5, 5.41) is 20.3. The van der Waals surface area contributed by atoms with Gasteiger partial charge in [-0.15, -0.1) is 10.2 Å². The third kappa shape index (κ3) is 8.81. The van der Waals surface area contributed by atoms with Crippen LogP contribution in [0.15, 0.2) is 127 Å². The van der Waals surface area contributed by atoms with Crippen LogP contribution in [-0.2, 0) is 40.2 Å². The summed E-state index contributed by atoms with van der Waals surface area (Å²) in [4.78, 5) is 18.3. The van der Waals surface area contributed by atoms with E-state index in [0.717, 1.165) is 30.3 Å². The quantitative estimate of drug-likeness (QED) is 0.0711. The minimum absolute atomic E-state index is 0.0303. The topological polar surface area (TPSA) is 297 Å². The van der Waals surface area contributed by atoms with Crippen molar-refractivity contribution in [3.8, 4) is 5.75 Å². The van der Waals surface area contributed by atoms with E-state index in [4.69, 9.17) is 0 Å². The molecule has 18 nitrogen and oxygen atoms in total. The summed E-state index contributed by atoms with van der Waals surface area (Å²) in [6.07, 6.45) is 3.23. The summed E-state index contributed by atoms with van der Waals surface area (Å²) in [6.45, 7) is 1.76. The second-order valence-corrected chi connectivity index (χ2v) is 18.8. The summed E-state index contributed by atoms with van der Waals surface area (Å²) < 4.78 is 132. The number of anilines is 1. The van der Waals surface area contributed by atoms with E-state index in [1.807, 2.05) is 0 Å². The van der Waals surface area contributed by atoms with Crippen molar-refractivity contribution in [1.29, 1.82) is 0 Å². The molecule has 57 heavy (non-hydrogen) atoms. The van der Waals surface area contributed by atoms with E-state index in [1.165, 1.54) is 48.8 Å². The van der Waals surface area contributed by atoms with E-state index in [9.17, 15) is 57.2 Å². The molecule has 0 saturated heterocycles. The molecular formula is C35H29N5O13S4. The number of azo groups is 1. The zero-order valence-electron chi connectivity index (χ0n) is 29.1. The Balaban J connectivity index is 1.46. The number of nitrogens with zero attached hydrogens (tertiary/aromatic N) is 4. The predicted octanol–water partition coefficient (Wildman–Crippen LogP) is 5.86. The molecule has 0 bridgehead atoms. The smallest absolute Gasteiger partial charge is 0.297 e. The number of nitrogens with one attached hydrogen (secondary N) is 1. The van der Waals surface area contributed by atoms with Crippen molar-refractivity contribution in [2.24, 2.45) is 10.2 Å². The van der Waals surface area contributed by atoms with Crippen LogP contribution in [0.25, 0.3) is 21.5 Å². The molecule has 0 aliphatic heterocycles. The van der Waals surface area contributed by atoms with Crippen LogP contribution in [0.4, 0.5) is 17.1 Å². The van der Waals surface area contributed by atoms with Crippen LogP contribution in [0, 0.1) is 0 Å². The number of rotatable bonds is 12. The van der Waals surface area contributed by atoms with Gasteiger partial charge in [-0.2, -0.15) is 25.3 Å². The Kier molecular flexibility index (Phi) is 11.0. The standard InChI is InChI=1S/C35H29N5O13S4/c1-20(34-36-13-5-14-37-34)12-15-54(43,44)24-9-10-26-22(16-24)8-11-27(33(26)57(51,52)53)39-40-31-29(56(48,49)50)18-23-17-25(55(45,46)47)19-28(30(23)32(31)41)38-35(42)21-6-3-2-4-7-21/h2-11,13-14,16-20,41H,12,15H2,1H3,(H,38,42)(H,45,46,47)(H,48,49,50)(H,51,52,53). The summed E-state index contributed by atoms with van der Waals surface area (Å²) in [6, 6.07) is 16.9. The number of carbonyl (C=O) groups is 1. The number of carbonyl (C=O) groups excluding carboxylic acids is 1. The third-order valence-electron chi connectivity index (χ3n) is 8.63. The van der Waals surface area contributed by atoms with Gasteiger partial charge in [0.25, 0.3) is 36.3 Å². The Bertz CT molecular complexity index is 3080. The average Bonchev–Trinajstić information content (AvgIpc) is 3.15. The van der Waals surface area contributed by atoms with Crippen molar-refractivity contribution in [1.82, 2.24) is 9.97 Å². The molecule has 1 amide bonds. The van der Waals surface area contributed by atoms with Crippen LogP contribution in [0.1, 0.15) is 35.4 Å². The van der Waals surface area contributed by atoms with E-state index in [2.05, 4.69) is 25.5 Å². The van der Waals surface area contributed by atoms with Gasteiger partial charge in [-0.05, 0) is 71.8 Å². The number of hydrogen-bond acceptors (Lipinski definition) is 14. The number of hydrogen-bond donors (Lipinski definition) is 5. The minimum atomic E-state index is -5.34. The van der Waals surface area contributed by atoms with Gasteiger partial charge in [-0.25, -0.2) is 18.4 Å². The van der Waals surface area contributed by atoms with Gasteiger partial charge in [0.2, 0.25) is 0 Å². The van der Waals surface area contributed by atoms with Crippen molar-refractivity contribution in [3.05, 3.63) is 109 Å². The van der Waals surface area contributed by atoms with E-state index < -0.39 is 94.4 Å². The van der Waals surface area contributed by atoms with Crippen LogP contribution < -0.4 is 5.32 Å². The molecule has 22 heteroatoms. The van der Waals surface area contributed by atoms with Crippen LogP contribution in [-0.4, -0.2) is 74.1 Å². The van der Waals surface area contributed by atoms with Crippen molar-refractivity contribution in [3.63, 3.8) is 0 Å². The van der Waals surface area contributed by atoms with Crippen LogP contribution in [0.3, 0.4) is 0 Å². The van der Waals surface area contributed by atoms with Gasteiger partial charge >= 0.3 is 0 Å². The van der Waals surface area contributed by atoms with Crippen molar-refractivity contribution in [2.45, 2.75) is 38.8 Å². The molecule has 1 heterocycles. The summed E-state index contributed by atoms with van der Waals surface area (Å²) in [7, 11) is -19.5. The maximum Gasteiger partial charge on any atom is 0.297 e. The lowest BCUT2D eigenvalue weighted by atomic mass is 10.1. The maximum atomic E-state index is 13.3. The van der Waals surface area contributed by atoms with Gasteiger partial charge in [-0.1, -0.05) is 37.3 Å². The first kappa shape index (κ1) is 40.9. The number of sulfone groups is 1. The van der Waals surface area contributed by atoms with E-state index >= 15 is 0 Å². The van der Waals surface area contributed by atoms with Gasteiger partial charge in [0.05, 0.1) is 21.2 Å². The Morgan fingerprint density at radius 1 is 0.737 bits per heavy atom. The zero-order valence-corrected chi connectivity index (χ0v) is 32.4. The second kappa shape index (κ2) is 15.3. The Hall–Kier alpha value is -5.75. The lowest BCUT2D eigenvalue weighted by Crippen LogP contribution is -2.13. The van der Waals surface area contributed by atoms with Crippen LogP contribution >= 0.6 is 0 Å². The number of phenols is 1. The highest BCUT2D eigenvalue weighted by Gasteiger charge is 2.28. The maximum absolute atomic E-state index is 13.3. The number of fused-ring (bicyclic) bond motifs is 2. The molecule has 5 N–H and O–H groups in total. The molecule has 0 spiro atoms. The van der Waals surface area contributed by atoms with Crippen molar-refractivity contribution >= 4 is 84.7 Å². The molecule has 1 unspecified atom stereocenters. The first-order valence-electron chi connectivity index (χ1n) is 16.3. The molecule has 1 aromatic heterocycles. The fourth-order valence-electron chi connectivity index (χ4n) is 5.84. The summed E-state index contributed by atoms with van der Waals surface area (Å²) in [5.41, 5.74) is -2.04. The molecule has 0 radical (unpaired) electrons. The molecule has 0 aliphatic carbocycles. The molecule has 5 aromatic carbocycles. The number of phenolic OH excluding ortho intramolecular Hbond substituents is 1. The highest BCUT2D eigenvalue weighted by Crippen LogP contribution is 2.46. The molecule has 6 aromatic rings. The van der Waals surface area contributed by atoms with E-state index in [-0.39, 0.29) is 39.3 Å². The van der Waals surface area contributed by atoms with Crippen LogP contribution in [0.5, 0.6) is 5.75 Å². The first-order valence-corrected chi connectivity index (χ1v) is 22.2. The molecular weight excluding hydrogens is 827 g/mol. The van der Waals surface area contributed by atoms with E-state index in [0.29, 0.717) is 11.9 Å². The Labute approximate surface area is 325 Å². The first-order chi connectivity index (χ1) is 26.6. The zero-order chi connectivity index (χ0) is 41.5. The lowest BCUT2D eigenvalue weighted by molar-refractivity contribution is 0.102. The molecule has 1 atom stereocenters. The monoisotopic (exact) mass is 855 g/mol. The van der Waals surface area contributed by atoms with Gasteiger partial charge in [0.1, 0.15) is 27.0 Å². The minimum Gasteiger partial charge on any atom is -0.505 e. The molecule has 0 aliphatic rings. The third-order valence-corrected chi connectivity index (χ3v) is 13.0. The number of amides is 1. The Morgan fingerprint density at radius 3 is 2.04 bits per heavy atom. The molecule has 0 fully saturated rings. The highest BCUT2D eigenvalue weighted by atomic mass is 32.2. The van der Waals surface area contributed by atoms with Gasteiger partial charge in [-0.3, -0.25) is 18.5 Å². The molecule has 0 saturated carbocycles. The lowest BCUT2D eigenvalue weighted by Gasteiger charge is -2.15. The molecule has 6 rings (SSSR count). The fraction of sp³-hybridized carbons (Fsp3) is 0.114. The second-order valence-electron chi connectivity index (χ2n) is 12.5. The molecule has 296 valence electrons. The predicted molar refractivity (Wildman–Crippen MR) is 205 cm³/mol. The normalized spacial score (nSPS) is 13.3. The highest BCUT2D eigenvalue weighted by molar-refractivity contribution is 7.91. The number of benzene rings is 5. The average molecular weight is 856 g/mol. The van der Waals surface area contributed by atoms with Gasteiger partial charge < -0.3 is 10.4 Å². The Morgan fingerprint density at radius 2 is 1.40 bits per heavy atom. The fourth-order valence-corrected chi connectivity index (χ4v) is 9.36. The summed E-state index contributed by atoms with van der Waals surface area (Å²) >= 11 is 0. The van der Waals surface area contributed by atoms with Crippen LogP contribution in [0.2, 0.25) is 0 Å². The van der Waals surface area contributed by atoms with Gasteiger partial charge in [0, 0.05) is 34.6 Å². The van der Waals surface area contributed by atoms with Gasteiger partial charge in [0.15, 0.2) is 15.6 Å². The number of aromatic nitrogens is 2. The van der Waals surface area contributed by atoms with E-state index in [1.54, 1.807) is 19.1 Å². The number of aromatic hydroxyl groups is 1. The van der Waals surface area contributed by atoms with Crippen molar-refractivity contribution in [2.75, 3.05) is 11.1 Å².